The molecule has 1 aromatic rings. The molecular formula is C24H36N4O2. The lowest BCUT2D eigenvalue weighted by Crippen LogP contribution is -2.68. The lowest BCUT2D eigenvalue weighted by atomic mass is 9.74. The standard InChI is InChI=1S/C24H36N4O2/c1-25(2)13-7-8-19-9-11-20(12-10-19)24-21-16-27(23(30)17-26(3)4)14-5-6-15-28(21)22(24)18-29/h9-12,21-22,24,29H,5-6,13-18H2,1-4H3/t21-,22-,24-/m0/s1. The monoisotopic (exact) mass is 412 g/mol. The molecule has 1 amide bonds. The van der Waals surface area contributed by atoms with Crippen molar-refractivity contribution in [2.45, 2.75) is 30.8 Å². The van der Waals surface area contributed by atoms with Crippen molar-refractivity contribution in [3.63, 3.8) is 0 Å². The van der Waals surface area contributed by atoms with Gasteiger partial charge in [-0.05, 0) is 65.3 Å². The Hall–Kier alpha value is -1.91. The molecule has 0 spiro atoms. The lowest BCUT2D eigenvalue weighted by Gasteiger charge is -2.57. The summed E-state index contributed by atoms with van der Waals surface area (Å²) in [5, 5.41) is 10.1. The number of rotatable bonds is 5. The largest absolute Gasteiger partial charge is 0.395 e. The van der Waals surface area contributed by atoms with Crippen LogP contribution in [0.3, 0.4) is 0 Å². The van der Waals surface area contributed by atoms with Crippen molar-refractivity contribution >= 4 is 5.91 Å². The van der Waals surface area contributed by atoms with E-state index in [-0.39, 0.29) is 30.5 Å². The van der Waals surface area contributed by atoms with Crippen molar-refractivity contribution in [1.82, 2.24) is 19.6 Å². The molecular weight excluding hydrogens is 376 g/mol. The van der Waals surface area contributed by atoms with E-state index >= 15 is 0 Å². The first-order chi connectivity index (χ1) is 14.4. The zero-order valence-corrected chi connectivity index (χ0v) is 18.8. The van der Waals surface area contributed by atoms with Gasteiger partial charge in [-0.2, -0.15) is 0 Å². The van der Waals surface area contributed by atoms with Gasteiger partial charge in [-0.3, -0.25) is 14.6 Å². The summed E-state index contributed by atoms with van der Waals surface area (Å²) in [5.41, 5.74) is 2.24. The number of likely N-dealkylation sites (N-methyl/N-ethyl adjacent to an activating group) is 1. The number of carbonyl (C=O) groups excluding carboxylic acids is 1. The Labute approximate surface area is 181 Å². The van der Waals surface area contributed by atoms with Crippen molar-refractivity contribution in [3.05, 3.63) is 35.4 Å². The number of hydrogen-bond acceptors (Lipinski definition) is 5. The van der Waals surface area contributed by atoms with Crippen LogP contribution in [0, 0.1) is 11.8 Å². The predicted molar refractivity (Wildman–Crippen MR) is 120 cm³/mol. The van der Waals surface area contributed by atoms with Gasteiger partial charge < -0.3 is 14.9 Å². The highest BCUT2D eigenvalue weighted by Crippen LogP contribution is 2.41. The van der Waals surface area contributed by atoms with Crippen LogP contribution in [0.2, 0.25) is 0 Å². The Morgan fingerprint density at radius 1 is 1.10 bits per heavy atom. The second-order valence-electron chi connectivity index (χ2n) is 9.03. The van der Waals surface area contributed by atoms with E-state index in [0.29, 0.717) is 6.54 Å². The number of aliphatic hydroxyl groups is 1. The number of aliphatic hydroxyl groups excluding tert-OH is 1. The molecule has 0 radical (unpaired) electrons. The molecule has 2 saturated heterocycles. The molecule has 6 nitrogen and oxygen atoms in total. The molecule has 1 aromatic carbocycles. The summed E-state index contributed by atoms with van der Waals surface area (Å²) in [7, 11) is 7.89. The Balaban J connectivity index is 1.75. The van der Waals surface area contributed by atoms with Crippen LogP contribution in [0.25, 0.3) is 0 Å². The van der Waals surface area contributed by atoms with Crippen LogP contribution < -0.4 is 0 Å². The summed E-state index contributed by atoms with van der Waals surface area (Å²) in [6.07, 6.45) is 2.08. The van der Waals surface area contributed by atoms with E-state index in [1.165, 1.54) is 5.56 Å². The van der Waals surface area contributed by atoms with Gasteiger partial charge in [-0.1, -0.05) is 24.0 Å². The van der Waals surface area contributed by atoms with Crippen LogP contribution in [0.15, 0.2) is 24.3 Å². The van der Waals surface area contributed by atoms with Crippen LogP contribution in [0.4, 0.5) is 0 Å². The molecule has 2 aliphatic heterocycles. The van der Waals surface area contributed by atoms with Gasteiger partial charge in [0.15, 0.2) is 0 Å². The average Bonchev–Trinajstić information content (AvgIpc) is 2.67. The van der Waals surface area contributed by atoms with Gasteiger partial charge in [0, 0.05) is 36.7 Å². The molecule has 3 rings (SSSR count). The highest BCUT2D eigenvalue weighted by atomic mass is 16.3. The third-order valence-corrected chi connectivity index (χ3v) is 6.10. The third-order valence-electron chi connectivity index (χ3n) is 6.10. The zero-order chi connectivity index (χ0) is 21.7. The number of hydrogen-bond donors (Lipinski definition) is 1. The summed E-state index contributed by atoms with van der Waals surface area (Å²) < 4.78 is 0. The SMILES string of the molecule is CN(C)CC#Cc1ccc([C@@H]2[C@H](CO)N3CCCCN(C(=O)CN(C)C)C[C@@H]23)cc1. The van der Waals surface area contributed by atoms with Crippen molar-refractivity contribution in [1.29, 1.82) is 0 Å². The maximum atomic E-state index is 12.7. The van der Waals surface area contributed by atoms with Crippen LogP contribution >= 0.6 is 0 Å². The quantitative estimate of drug-likeness (QED) is 0.729. The van der Waals surface area contributed by atoms with E-state index in [1.807, 2.05) is 42.9 Å². The average molecular weight is 413 g/mol. The Morgan fingerprint density at radius 3 is 2.43 bits per heavy atom. The predicted octanol–water partition coefficient (Wildman–Crippen LogP) is 0.912. The van der Waals surface area contributed by atoms with E-state index in [0.717, 1.165) is 44.6 Å². The number of benzene rings is 1. The van der Waals surface area contributed by atoms with Gasteiger partial charge in [-0.15, -0.1) is 0 Å². The Morgan fingerprint density at radius 2 is 1.80 bits per heavy atom. The van der Waals surface area contributed by atoms with E-state index < -0.39 is 0 Å². The fourth-order valence-corrected chi connectivity index (χ4v) is 4.63. The maximum absolute atomic E-state index is 12.7. The molecule has 0 aromatic heterocycles. The van der Waals surface area contributed by atoms with Crippen molar-refractivity contribution in [3.8, 4) is 11.8 Å². The minimum Gasteiger partial charge on any atom is -0.395 e. The van der Waals surface area contributed by atoms with Gasteiger partial charge in [0.05, 0.1) is 19.7 Å². The summed E-state index contributed by atoms with van der Waals surface area (Å²) >= 11 is 0. The topological polar surface area (TPSA) is 50.3 Å². The van der Waals surface area contributed by atoms with E-state index in [1.54, 1.807) is 0 Å². The van der Waals surface area contributed by atoms with E-state index in [2.05, 4.69) is 41.0 Å². The first kappa shape index (κ1) is 22.8. The van der Waals surface area contributed by atoms with E-state index in [4.69, 9.17) is 0 Å². The van der Waals surface area contributed by atoms with Crippen molar-refractivity contribution < 1.29 is 9.90 Å². The summed E-state index contributed by atoms with van der Waals surface area (Å²) in [4.78, 5) is 21.2. The molecule has 2 fully saturated rings. The summed E-state index contributed by atoms with van der Waals surface area (Å²) in [6.45, 7) is 3.89. The van der Waals surface area contributed by atoms with Crippen LogP contribution in [-0.2, 0) is 4.79 Å². The highest BCUT2D eigenvalue weighted by molar-refractivity contribution is 5.78. The molecule has 3 atom stereocenters. The van der Waals surface area contributed by atoms with Gasteiger partial charge in [-0.25, -0.2) is 0 Å². The molecule has 1 N–H and O–H groups in total. The minimum atomic E-state index is 0.129. The van der Waals surface area contributed by atoms with Crippen molar-refractivity contribution in [2.75, 3.05) is 67.5 Å². The number of nitrogens with zero attached hydrogens (tertiary/aromatic N) is 4. The molecule has 0 bridgehead atoms. The van der Waals surface area contributed by atoms with Gasteiger partial charge >= 0.3 is 0 Å². The first-order valence-corrected chi connectivity index (χ1v) is 10.9. The molecule has 30 heavy (non-hydrogen) atoms. The zero-order valence-electron chi connectivity index (χ0n) is 18.8. The molecule has 164 valence electrons. The maximum Gasteiger partial charge on any atom is 0.236 e. The van der Waals surface area contributed by atoms with Crippen LogP contribution in [-0.4, -0.2) is 110 Å². The first-order valence-electron chi connectivity index (χ1n) is 10.9. The Kier molecular flexibility index (Phi) is 7.90. The smallest absolute Gasteiger partial charge is 0.236 e. The van der Waals surface area contributed by atoms with Crippen LogP contribution in [0.5, 0.6) is 0 Å². The summed E-state index contributed by atoms with van der Waals surface area (Å²) in [6, 6.07) is 8.84. The number of carbonyl (C=O) groups is 1. The number of amides is 1. The van der Waals surface area contributed by atoms with Crippen molar-refractivity contribution in [2.24, 2.45) is 0 Å². The third kappa shape index (κ3) is 5.41. The fraction of sp³-hybridized carbons (Fsp3) is 0.625. The normalized spacial score (nSPS) is 24.5. The van der Waals surface area contributed by atoms with Crippen LogP contribution in [0.1, 0.15) is 29.9 Å². The van der Waals surface area contributed by atoms with Gasteiger partial charge in [0.2, 0.25) is 5.91 Å². The summed E-state index contributed by atoms with van der Waals surface area (Å²) in [5.74, 6) is 6.82. The Bertz CT molecular complexity index is 766. The number of fused-ring (bicyclic) bond motifs is 1. The lowest BCUT2D eigenvalue weighted by molar-refractivity contribution is -0.137. The van der Waals surface area contributed by atoms with Gasteiger partial charge in [0.1, 0.15) is 0 Å². The molecule has 2 aliphatic rings. The molecule has 0 aliphatic carbocycles. The van der Waals surface area contributed by atoms with Gasteiger partial charge in [0.25, 0.3) is 0 Å². The second-order valence-corrected chi connectivity index (χ2v) is 9.03. The van der Waals surface area contributed by atoms with E-state index in [9.17, 15) is 9.90 Å². The molecule has 2 heterocycles. The minimum absolute atomic E-state index is 0.129. The molecule has 0 unspecified atom stereocenters. The highest BCUT2D eigenvalue weighted by Gasteiger charge is 2.49. The second kappa shape index (κ2) is 10.4. The molecule has 6 heteroatoms. The molecule has 0 saturated carbocycles. The fourth-order valence-electron chi connectivity index (χ4n) is 4.63.